The Hall–Kier alpha value is -0.980. The lowest BCUT2D eigenvalue weighted by atomic mass is 10.1. The lowest BCUT2D eigenvalue weighted by Gasteiger charge is -2.20. The first kappa shape index (κ1) is 17.1. The standard InChI is InChI=1S/C14H23FN2O2S/c1-5-7-17(6-2)20(18,19)13-8-11(3)14(15)12(9-13)10-16-4/h8-9,16H,5-7,10H2,1-4H3. The first-order valence-corrected chi connectivity index (χ1v) is 8.26. The van der Waals surface area contributed by atoms with Gasteiger partial charge in [-0.05, 0) is 38.1 Å². The van der Waals surface area contributed by atoms with Crippen molar-refractivity contribution in [2.24, 2.45) is 0 Å². The summed E-state index contributed by atoms with van der Waals surface area (Å²) in [6.45, 7) is 6.50. The van der Waals surface area contributed by atoms with Gasteiger partial charge in [0.15, 0.2) is 0 Å². The quantitative estimate of drug-likeness (QED) is 0.840. The second-order valence-electron chi connectivity index (χ2n) is 4.74. The molecule has 0 spiro atoms. The summed E-state index contributed by atoms with van der Waals surface area (Å²) in [4.78, 5) is 0.164. The number of rotatable bonds is 7. The Bertz CT molecular complexity index is 559. The molecule has 20 heavy (non-hydrogen) atoms. The van der Waals surface area contributed by atoms with Crippen LogP contribution in [0.15, 0.2) is 17.0 Å². The van der Waals surface area contributed by atoms with E-state index in [0.29, 0.717) is 30.8 Å². The first-order valence-electron chi connectivity index (χ1n) is 6.82. The van der Waals surface area contributed by atoms with Gasteiger partial charge in [0.05, 0.1) is 4.90 Å². The highest BCUT2D eigenvalue weighted by molar-refractivity contribution is 7.89. The maximum Gasteiger partial charge on any atom is 0.243 e. The van der Waals surface area contributed by atoms with Gasteiger partial charge in [-0.1, -0.05) is 13.8 Å². The number of nitrogens with zero attached hydrogens (tertiary/aromatic N) is 1. The van der Waals surface area contributed by atoms with E-state index in [1.165, 1.54) is 16.4 Å². The molecule has 6 heteroatoms. The summed E-state index contributed by atoms with van der Waals surface area (Å²) in [6, 6.07) is 2.83. The van der Waals surface area contributed by atoms with Gasteiger partial charge in [-0.25, -0.2) is 12.8 Å². The summed E-state index contributed by atoms with van der Waals surface area (Å²) in [6.07, 6.45) is 0.747. The Morgan fingerprint density at radius 2 is 1.95 bits per heavy atom. The fourth-order valence-electron chi connectivity index (χ4n) is 2.12. The number of benzene rings is 1. The molecule has 0 atom stereocenters. The van der Waals surface area contributed by atoms with Crippen LogP contribution in [-0.2, 0) is 16.6 Å². The Morgan fingerprint density at radius 3 is 2.45 bits per heavy atom. The van der Waals surface area contributed by atoms with Crippen molar-refractivity contribution in [3.8, 4) is 0 Å². The third-order valence-corrected chi connectivity index (χ3v) is 5.09. The number of nitrogens with one attached hydrogen (secondary N) is 1. The SMILES string of the molecule is CCCN(CC)S(=O)(=O)c1cc(C)c(F)c(CNC)c1. The summed E-state index contributed by atoms with van der Waals surface area (Å²) in [5.41, 5.74) is 0.725. The molecule has 0 aliphatic heterocycles. The molecule has 0 heterocycles. The fourth-order valence-corrected chi connectivity index (χ4v) is 3.80. The number of sulfonamides is 1. The molecule has 0 saturated heterocycles. The molecule has 0 amide bonds. The monoisotopic (exact) mass is 302 g/mol. The average molecular weight is 302 g/mol. The van der Waals surface area contributed by atoms with Crippen LogP contribution < -0.4 is 5.32 Å². The average Bonchev–Trinajstić information content (AvgIpc) is 2.40. The van der Waals surface area contributed by atoms with Crippen LogP contribution in [0.4, 0.5) is 4.39 Å². The van der Waals surface area contributed by atoms with Gasteiger partial charge in [-0.15, -0.1) is 0 Å². The molecule has 1 rings (SSSR count). The van der Waals surface area contributed by atoms with Crippen molar-refractivity contribution in [1.29, 1.82) is 0 Å². The Labute approximate surface area is 121 Å². The molecule has 0 aliphatic rings. The predicted molar refractivity (Wildman–Crippen MR) is 78.6 cm³/mol. The molecule has 114 valence electrons. The number of hydrogen-bond donors (Lipinski definition) is 1. The number of halogens is 1. The van der Waals surface area contributed by atoms with Crippen molar-refractivity contribution in [2.45, 2.75) is 38.6 Å². The summed E-state index contributed by atoms with van der Waals surface area (Å²) < 4.78 is 40.5. The van der Waals surface area contributed by atoms with Crippen LogP contribution >= 0.6 is 0 Å². The zero-order chi connectivity index (χ0) is 15.3. The van der Waals surface area contributed by atoms with E-state index in [-0.39, 0.29) is 10.7 Å². The minimum atomic E-state index is -3.55. The molecule has 0 bridgehead atoms. The molecule has 0 saturated carbocycles. The maximum absolute atomic E-state index is 13.9. The smallest absolute Gasteiger partial charge is 0.243 e. The van der Waals surface area contributed by atoms with Crippen LogP contribution in [-0.4, -0.2) is 32.9 Å². The van der Waals surface area contributed by atoms with Crippen molar-refractivity contribution in [2.75, 3.05) is 20.1 Å². The minimum Gasteiger partial charge on any atom is -0.316 e. The normalized spacial score (nSPS) is 12.1. The van der Waals surface area contributed by atoms with Crippen LogP contribution in [0.25, 0.3) is 0 Å². The second-order valence-corrected chi connectivity index (χ2v) is 6.68. The van der Waals surface area contributed by atoms with Crippen molar-refractivity contribution < 1.29 is 12.8 Å². The third kappa shape index (κ3) is 3.56. The molecular weight excluding hydrogens is 279 g/mol. The number of hydrogen-bond acceptors (Lipinski definition) is 3. The Kier molecular flexibility index (Phi) is 6.10. The van der Waals surface area contributed by atoms with Gasteiger partial charge in [0, 0.05) is 25.2 Å². The van der Waals surface area contributed by atoms with Crippen LogP contribution in [0.3, 0.4) is 0 Å². The van der Waals surface area contributed by atoms with Gasteiger partial charge >= 0.3 is 0 Å². The highest BCUT2D eigenvalue weighted by Crippen LogP contribution is 2.22. The third-order valence-electron chi connectivity index (χ3n) is 3.13. The van der Waals surface area contributed by atoms with E-state index in [1.54, 1.807) is 20.9 Å². The summed E-state index contributed by atoms with van der Waals surface area (Å²) in [5, 5.41) is 2.85. The van der Waals surface area contributed by atoms with Crippen LogP contribution in [0.1, 0.15) is 31.4 Å². The molecule has 0 aromatic heterocycles. The predicted octanol–water partition coefficient (Wildman–Crippen LogP) is 2.27. The van der Waals surface area contributed by atoms with E-state index in [1.807, 2.05) is 6.92 Å². The lowest BCUT2D eigenvalue weighted by molar-refractivity contribution is 0.427. The highest BCUT2D eigenvalue weighted by Gasteiger charge is 2.24. The highest BCUT2D eigenvalue weighted by atomic mass is 32.2. The number of aryl methyl sites for hydroxylation is 1. The molecule has 0 unspecified atom stereocenters. The zero-order valence-corrected chi connectivity index (χ0v) is 13.3. The molecule has 1 aromatic rings. The van der Waals surface area contributed by atoms with E-state index in [9.17, 15) is 12.8 Å². The maximum atomic E-state index is 13.9. The van der Waals surface area contributed by atoms with Crippen LogP contribution in [0.5, 0.6) is 0 Å². The lowest BCUT2D eigenvalue weighted by Crippen LogP contribution is -2.31. The minimum absolute atomic E-state index is 0.164. The van der Waals surface area contributed by atoms with Gasteiger partial charge in [-0.3, -0.25) is 0 Å². The van der Waals surface area contributed by atoms with Crippen LogP contribution in [0.2, 0.25) is 0 Å². The van der Waals surface area contributed by atoms with Crippen molar-refractivity contribution in [3.63, 3.8) is 0 Å². The Morgan fingerprint density at radius 1 is 1.30 bits per heavy atom. The Balaban J connectivity index is 3.31. The fraction of sp³-hybridized carbons (Fsp3) is 0.571. The zero-order valence-electron chi connectivity index (χ0n) is 12.5. The molecule has 0 fully saturated rings. The van der Waals surface area contributed by atoms with Crippen molar-refractivity contribution in [3.05, 3.63) is 29.1 Å². The van der Waals surface area contributed by atoms with E-state index in [0.717, 1.165) is 6.42 Å². The summed E-state index contributed by atoms with van der Waals surface area (Å²) >= 11 is 0. The molecule has 4 nitrogen and oxygen atoms in total. The van der Waals surface area contributed by atoms with E-state index >= 15 is 0 Å². The van der Waals surface area contributed by atoms with E-state index < -0.39 is 10.0 Å². The largest absolute Gasteiger partial charge is 0.316 e. The summed E-state index contributed by atoms with van der Waals surface area (Å²) in [5.74, 6) is -0.350. The van der Waals surface area contributed by atoms with Crippen molar-refractivity contribution in [1.82, 2.24) is 9.62 Å². The van der Waals surface area contributed by atoms with Gasteiger partial charge < -0.3 is 5.32 Å². The molecule has 1 aromatic carbocycles. The molecule has 1 N–H and O–H groups in total. The van der Waals surface area contributed by atoms with Gasteiger partial charge in [0.1, 0.15) is 5.82 Å². The topological polar surface area (TPSA) is 49.4 Å². The van der Waals surface area contributed by atoms with Gasteiger partial charge in [-0.2, -0.15) is 4.31 Å². The van der Waals surface area contributed by atoms with Gasteiger partial charge in [0.2, 0.25) is 10.0 Å². The molecular formula is C14H23FN2O2S. The second kappa shape index (κ2) is 7.15. The van der Waals surface area contributed by atoms with E-state index in [4.69, 9.17) is 0 Å². The summed E-state index contributed by atoms with van der Waals surface area (Å²) in [7, 11) is -1.85. The molecule has 0 radical (unpaired) electrons. The van der Waals surface area contributed by atoms with Gasteiger partial charge in [0.25, 0.3) is 0 Å². The first-order chi connectivity index (χ1) is 9.38. The van der Waals surface area contributed by atoms with E-state index in [2.05, 4.69) is 5.32 Å². The van der Waals surface area contributed by atoms with Crippen molar-refractivity contribution >= 4 is 10.0 Å². The van der Waals surface area contributed by atoms with Crippen LogP contribution in [0, 0.1) is 12.7 Å². The molecule has 0 aliphatic carbocycles.